The molecule has 1 saturated carbocycles. The standard InChI is InChI=1S/C25H39N3O5S/c1-19(2)17-23(22(25(30)27-31)16-10-15-20-11-6-4-7-12-20)24(29)26-28(34(3,32)33)18-21-13-8-5-9-14-21/h4,6-7,10-12,15,19,21-23,31H,5,8-9,13-14,16-18H2,1-3H3,(H,26,29)(H,27,30)/b15-10+/t22-,23+/m0/s1. The molecule has 0 unspecified atom stereocenters. The van der Waals surface area contributed by atoms with Crippen molar-refractivity contribution < 1.29 is 23.2 Å². The van der Waals surface area contributed by atoms with Crippen LogP contribution in [0.2, 0.25) is 0 Å². The number of carbonyl (C=O) groups is 2. The van der Waals surface area contributed by atoms with Gasteiger partial charge in [0.2, 0.25) is 21.8 Å². The second-order valence-corrected chi connectivity index (χ2v) is 11.5. The molecule has 2 atom stereocenters. The van der Waals surface area contributed by atoms with Crippen molar-refractivity contribution in [1.82, 2.24) is 15.3 Å². The Kier molecular flexibility index (Phi) is 11.2. The Labute approximate surface area is 203 Å². The van der Waals surface area contributed by atoms with Gasteiger partial charge in [0.05, 0.1) is 18.1 Å². The molecule has 1 aliphatic carbocycles. The molecule has 0 aromatic heterocycles. The molecule has 8 nitrogen and oxygen atoms in total. The van der Waals surface area contributed by atoms with Crippen LogP contribution < -0.4 is 10.9 Å². The molecule has 0 spiro atoms. The lowest BCUT2D eigenvalue weighted by Gasteiger charge is -2.31. The van der Waals surface area contributed by atoms with Crippen molar-refractivity contribution in [2.24, 2.45) is 23.7 Å². The summed E-state index contributed by atoms with van der Waals surface area (Å²) in [5.74, 6) is -2.61. The Morgan fingerprint density at radius 3 is 2.29 bits per heavy atom. The van der Waals surface area contributed by atoms with E-state index in [0.29, 0.717) is 6.42 Å². The van der Waals surface area contributed by atoms with Crippen molar-refractivity contribution in [1.29, 1.82) is 0 Å². The first-order chi connectivity index (χ1) is 16.1. The first kappa shape index (κ1) is 28.0. The zero-order valence-electron chi connectivity index (χ0n) is 20.4. The number of carbonyl (C=O) groups excluding carboxylic acids is 2. The van der Waals surface area contributed by atoms with E-state index in [4.69, 9.17) is 0 Å². The lowest BCUT2D eigenvalue weighted by molar-refractivity contribution is -0.142. The molecule has 1 fully saturated rings. The summed E-state index contributed by atoms with van der Waals surface area (Å²) in [6.07, 6.45) is 10.4. The van der Waals surface area contributed by atoms with Crippen LogP contribution in [0.1, 0.15) is 64.4 Å². The van der Waals surface area contributed by atoms with Crippen LogP contribution in [-0.4, -0.2) is 42.7 Å². The molecular formula is C25H39N3O5S. The summed E-state index contributed by atoms with van der Waals surface area (Å²) >= 11 is 0. The minimum atomic E-state index is -3.69. The number of allylic oxidation sites excluding steroid dienone is 1. The third-order valence-electron chi connectivity index (χ3n) is 6.28. The van der Waals surface area contributed by atoms with Gasteiger partial charge in [-0.1, -0.05) is 75.6 Å². The van der Waals surface area contributed by atoms with E-state index >= 15 is 0 Å². The SMILES string of the molecule is CC(C)C[C@@H](C(=O)NN(CC1CCCCC1)S(C)(=O)=O)[C@H](C/C=C/c1ccccc1)C(=O)NO. The third kappa shape index (κ3) is 9.19. The smallest absolute Gasteiger partial charge is 0.247 e. The number of sulfonamides is 1. The van der Waals surface area contributed by atoms with Crippen LogP contribution in [0.15, 0.2) is 36.4 Å². The van der Waals surface area contributed by atoms with Gasteiger partial charge in [0.1, 0.15) is 0 Å². The van der Waals surface area contributed by atoms with Gasteiger partial charge in [-0.2, -0.15) is 0 Å². The monoisotopic (exact) mass is 493 g/mol. The minimum absolute atomic E-state index is 0.0767. The first-order valence-corrected chi connectivity index (χ1v) is 13.9. The number of hydrogen-bond acceptors (Lipinski definition) is 5. The summed E-state index contributed by atoms with van der Waals surface area (Å²) < 4.78 is 25.9. The van der Waals surface area contributed by atoms with Crippen molar-refractivity contribution in [3.05, 3.63) is 42.0 Å². The summed E-state index contributed by atoms with van der Waals surface area (Å²) in [7, 11) is -3.69. The zero-order chi connectivity index (χ0) is 25.1. The number of hydroxylamine groups is 1. The van der Waals surface area contributed by atoms with E-state index in [1.54, 1.807) is 11.6 Å². The average Bonchev–Trinajstić information content (AvgIpc) is 2.80. The number of hydrazine groups is 1. The highest BCUT2D eigenvalue weighted by molar-refractivity contribution is 7.88. The van der Waals surface area contributed by atoms with Gasteiger partial charge < -0.3 is 0 Å². The Morgan fingerprint density at radius 1 is 1.09 bits per heavy atom. The van der Waals surface area contributed by atoms with E-state index in [1.165, 1.54) is 0 Å². The second-order valence-electron chi connectivity index (χ2n) is 9.64. The van der Waals surface area contributed by atoms with E-state index < -0.39 is 33.7 Å². The molecule has 3 N–H and O–H groups in total. The number of amides is 2. The topological polar surface area (TPSA) is 116 Å². The van der Waals surface area contributed by atoms with Crippen LogP contribution in [0.4, 0.5) is 0 Å². The van der Waals surface area contributed by atoms with Crippen molar-refractivity contribution in [2.45, 2.75) is 58.8 Å². The maximum Gasteiger partial charge on any atom is 0.247 e. The van der Waals surface area contributed by atoms with Crippen molar-refractivity contribution in [2.75, 3.05) is 12.8 Å². The van der Waals surface area contributed by atoms with Gasteiger partial charge >= 0.3 is 0 Å². The summed E-state index contributed by atoms with van der Waals surface area (Å²) in [5.41, 5.74) is 5.24. The van der Waals surface area contributed by atoms with Gasteiger partial charge in [0.25, 0.3) is 0 Å². The molecule has 34 heavy (non-hydrogen) atoms. The highest BCUT2D eigenvalue weighted by atomic mass is 32.2. The van der Waals surface area contributed by atoms with Crippen LogP contribution in [0.5, 0.6) is 0 Å². The van der Waals surface area contributed by atoms with Gasteiger partial charge in [0.15, 0.2) is 0 Å². The molecular weight excluding hydrogens is 454 g/mol. The van der Waals surface area contributed by atoms with Crippen molar-refractivity contribution in [3.63, 3.8) is 0 Å². The predicted octanol–water partition coefficient (Wildman–Crippen LogP) is 3.75. The highest BCUT2D eigenvalue weighted by Crippen LogP contribution is 2.27. The number of nitrogens with one attached hydrogen (secondary N) is 2. The number of hydrogen-bond donors (Lipinski definition) is 3. The molecule has 2 amide bonds. The van der Waals surface area contributed by atoms with Crippen LogP contribution in [0, 0.1) is 23.7 Å². The first-order valence-electron chi connectivity index (χ1n) is 12.1. The molecule has 9 heteroatoms. The summed E-state index contributed by atoms with van der Waals surface area (Å²) in [4.78, 5) is 25.9. The fraction of sp³-hybridized carbons (Fsp3) is 0.600. The van der Waals surface area contributed by atoms with E-state index in [1.807, 2.05) is 50.3 Å². The quantitative estimate of drug-likeness (QED) is 0.303. The largest absolute Gasteiger partial charge is 0.289 e. The van der Waals surface area contributed by atoms with Gasteiger partial charge in [-0.15, -0.1) is 4.41 Å². The van der Waals surface area contributed by atoms with Gasteiger partial charge in [-0.25, -0.2) is 13.9 Å². The van der Waals surface area contributed by atoms with E-state index in [-0.39, 0.29) is 24.8 Å². The molecule has 2 rings (SSSR count). The van der Waals surface area contributed by atoms with E-state index in [0.717, 1.165) is 48.3 Å². The van der Waals surface area contributed by atoms with Crippen LogP contribution >= 0.6 is 0 Å². The Hall–Kier alpha value is -2.23. The average molecular weight is 494 g/mol. The van der Waals surface area contributed by atoms with Crippen LogP contribution in [0.25, 0.3) is 6.08 Å². The minimum Gasteiger partial charge on any atom is -0.289 e. The van der Waals surface area contributed by atoms with E-state index in [2.05, 4.69) is 5.43 Å². The molecule has 1 aliphatic rings. The molecule has 0 bridgehead atoms. The maximum atomic E-state index is 13.4. The van der Waals surface area contributed by atoms with Crippen LogP contribution in [-0.2, 0) is 19.6 Å². The Bertz CT molecular complexity index is 912. The molecule has 0 radical (unpaired) electrons. The second kappa shape index (κ2) is 13.6. The fourth-order valence-corrected chi connectivity index (χ4v) is 5.23. The zero-order valence-corrected chi connectivity index (χ0v) is 21.3. The molecule has 1 aromatic carbocycles. The Balaban J connectivity index is 2.22. The molecule has 0 saturated heterocycles. The predicted molar refractivity (Wildman–Crippen MR) is 133 cm³/mol. The molecule has 0 heterocycles. The summed E-state index contributed by atoms with van der Waals surface area (Å²) in [6, 6.07) is 9.55. The van der Waals surface area contributed by atoms with Crippen molar-refractivity contribution in [3.8, 4) is 0 Å². The number of rotatable bonds is 12. The molecule has 190 valence electrons. The fourth-order valence-electron chi connectivity index (χ4n) is 4.49. The summed E-state index contributed by atoms with van der Waals surface area (Å²) in [6.45, 7) is 4.10. The Morgan fingerprint density at radius 2 is 1.74 bits per heavy atom. The lowest BCUT2D eigenvalue weighted by atomic mass is 9.82. The normalized spacial score (nSPS) is 17.1. The molecule has 0 aliphatic heterocycles. The maximum absolute atomic E-state index is 13.4. The third-order valence-corrected chi connectivity index (χ3v) is 7.32. The van der Waals surface area contributed by atoms with Crippen LogP contribution in [0.3, 0.4) is 0 Å². The van der Waals surface area contributed by atoms with Gasteiger partial charge in [-0.3, -0.25) is 20.2 Å². The van der Waals surface area contributed by atoms with Gasteiger partial charge in [-0.05, 0) is 43.1 Å². The summed E-state index contributed by atoms with van der Waals surface area (Å²) in [5, 5.41) is 9.35. The highest BCUT2D eigenvalue weighted by Gasteiger charge is 2.36. The van der Waals surface area contributed by atoms with Gasteiger partial charge in [0, 0.05) is 6.54 Å². The van der Waals surface area contributed by atoms with E-state index in [9.17, 15) is 23.2 Å². The lowest BCUT2D eigenvalue weighted by Crippen LogP contribution is -2.52. The molecule has 1 aromatic rings. The number of nitrogens with zero attached hydrogens (tertiary/aromatic N) is 1. The van der Waals surface area contributed by atoms with Crippen molar-refractivity contribution >= 4 is 27.9 Å². The number of benzene rings is 1.